The molecule has 0 saturated carbocycles. The van der Waals surface area contributed by atoms with Crippen LogP contribution in [0.4, 0.5) is 0 Å². The second-order valence-electron chi connectivity index (χ2n) is 6.54. The molecule has 1 saturated heterocycles. The van der Waals surface area contributed by atoms with Crippen molar-refractivity contribution < 1.29 is 4.79 Å². The number of pyridine rings is 1. The minimum Gasteiger partial charge on any atom is -0.339 e. The van der Waals surface area contributed by atoms with Crippen LogP contribution in [0.15, 0.2) is 47.5 Å². The van der Waals surface area contributed by atoms with Crippen LogP contribution in [0.3, 0.4) is 0 Å². The molecule has 132 valence electrons. The van der Waals surface area contributed by atoms with E-state index in [9.17, 15) is 4.79 Å². The van der Waals surface area contributed by atoms with Gasteiger partial charge >= 0.3 is 0 Å². The van der Waals surface area contributed by atoms with Crippen LogP contribution in [0, 0.1) is 13.8 Å². The van der Waals surface area contributed by atoms with E-state index in [1.54, 1.807) is 11.8 Å². The Bertz CT molecular complexity index is 712. The lowest BCUT2D eigenvalue weighted by molar-refractivity contribution is -0.130. The topological polar surface area (TPSA) is 36.4 Å². The smallest absolute Gasteiger partial charge is 0.233 e. The van der Waals surface area contributed by atoms with Crippen LogP contribution in [-0.2, 0) is 11.3 Å². The molecule has 0 bridgehead atoms. The van der Waals surface area contributed by atoms with E-state index in [0.717, 1.165) is 38.4 Å². The van der Waals surface area contributed by atoms with Gasteiger partial charge in [0.2, 0.25) is 5.91 Å². The molecule has 1 amide bonds. The molecule has 1 aromatic carbocycles. The average Bonchev–Trinajstić information content (AvgIpc) is 2.64. The number of aryl methyl sites for hydroxylation is 2. The Balaban J connectivity index is 1.46. The molecule has 0 atom stereocenters. The standard InChI is InChI=1S/C20H25N3OS/c1-16-6-7-17(2)19(13-16)25-15-20(24)23-11-9-22(10-12-23)14-18-5-3-4-8-21-18/h3-8,13H,9-12,14-15H2,1-2H3. The van der Waals surface area contributed by atoms with Crippen LogP contribution in [0.5, 0.6) is 0 Å². The van der Waals surface area contributed by atoms with Gasteiger partial charge in [-0.05, 0) is 37.6 Å². The highest BCUT2D eigenvalue weighted by Crippen LogP contribution is 2.24. The van der Waals surface area contributed by atoms with Crippen molar-refractivity contribution in [2.24, 2.45) is 0 Å². The number of benzene rings is 1. The van der Waals surface area contributed by atoms with Crippen LogP contribution < -0.4 is 0 Å². The normalized spacial score (nSPS) is 15.4. The molecule has 1 fully saturated rings. The molecule has 25 heavy (non-hydrogen) atoms. The molecule has 0 unspecified atom stereocenters. The SMILES string of the molecule is Cc1ccc(C)c(SCC(=O)N2CCN(Cc3ccccn3)CC2)c1. The summed E-state index contributed by atoms with van der Waals surface area (Å²) in [5.74, 6) is 0.758. The van der Waals surface area contributed by atoms with Gasteiger partial charge in [0.1, 0.15) is 0 Å². The van der Waals surface area contributed by atoms with Gasteiger partial charge in [0, 0.05) is 43.8 Å². The number of nitrogens with zero attached hydrogens (tertiary/aromatic N) is 3. The molecule has 5 heteroatoms. The molecule has 2 aromatic rings. The Morgan fingerprint density at radius 1 is 1.12 bits per heavy atom. The summed E-state index contributed by atoms with van der Waals surface area (Å²) in [5.41, 5.74) is 3.57. The molecule has 0 N–H and O–H groups in total. The zero-order chi connectivity index (χ0) is 17.6. The second kappa shape index (κ2) is 8.50. The maximum absolute atomic E-state index is 12.5. The van der Waals surface area contributed by atoms with Gasteiger partial charge in [-0.15, -0.1) is 11.8 Å². The van der Waals surface area contributed by atoms with Gasteiger partial charge in [-0.1, -0.05) is 23.8 Å². The van der Waals surface area contributed by atoms with Gasteiger partial charge in [-0.3, -0.25) is 14.7 Å². The van der Waals surface area contributed by atoms with Gasteiger partial charge in [-0.25, -0.2) is 0 Å². The van der Waals surface area contributed by atoms with Crippen molar-refractivity contribution in [1.29, 1.82) is 0 Å². The molecule has 2 heterocycles. The summed E-state index contributed by atoms with van der Waals surface area (Å²) in [6.07, 6.45) is 1.83. The van der Waals surface area contributed by atoms with E-state index < -0.39 is 0 Å². The van der Waals surface area contributed by atoms with Crippen LogP contribution in [0.2, 0.25) is 0 Å². The van der Waals surface area contributed by atoms with Gasteiger partial charge < -0.3 is 4.90 Å². The first-order valence-corrected chi connectivity index (χ1v) is 9.70. The second-order valence-corrected chi connectivity index (χ2v) is 7.55. The van der Waals surface area contributed by atoms with Crippen molar-refractivity contribution in [3.05, 3.63) is 59.4 Å². The van der Waals surface area contributed by atoms with E-state index in [1.807, 2.05) is 23.2 Å². The van der Waals surface area contributed by atoms with Crippen molar-refractivity contribution in [1.82, 2.24) is 14.8 Å². The summed E-state index contributed by atoms with van der Waals surface area (Å²) >= 11 is 1.65. The first-order chi connectivity index (χ1) is 12.1. The molecular formula is C20H25N3OS. The Kier molecular flexibility index (Phi) is 6.10. The van der Waals surface area contributed by atoms with Crippen molar-refractivity contribution in [3.63, 3.8) is 0 Å². The Hall–Kier alpha value is -1.85. The number of rotatable bonds is 5. The third kappa shape index (κ3) is 5.06. The number of carbonyl (C=O) groups excluding carboxylic acids is 1. The first kappa shape index (κ1) is 18.0. The van der Waals surface area contributed by atoms with E-state index in [2.05, 4.69) is 48.0 Å². The molecule has 1 aliphatic rings. The van der Waals surface area contributed by atoms with E-state index in [1.165, 1.54) is 16.0 Å². The summed E-state index contributed by atoms with van der Waals surface area (Å²) in [7, 11) is 0. The monoisotopic (exact) mass is 355 g/mol. The van der Waals surface area contributed by atoms with Crippen LogP contribution in [0.25, 0.3) is 0 Å². The third-order valence-electron chi connectivity index (χ3n) is 4.53. The van der Waals surface area contributed by atoms with Crippen molar-refractivity contribution >= 4 is 17.7 Å². The van der Waals surface area contributed by atoms with E-state index in [0.29, 0.717) is 5.75 Å². The number of hydrogen-bond acceptors (Lipinski definition) is 4. The number of amides is 1. The molecule has 4 nitrogen and oxygen atoms in total. The lowest BCUT2D eigenvalue weighted by Gasteiger charge is -2.34. The number of piperazine rings is 1. The molecule has 1 aromatic heterocycles. The minimum atomic E-state index is 0.239. The lowest BCUT2D eigenvalue weighted by atomic mass is 10.2. The predicted molar refractivity (Wildman–Crippen MR) is 103 cm³/mol. The predicted octanol–water partition coefficient (Wildman–Crippen LogP) is 3.13. The summed E-state index contributed by atoms with van der Waals surface area (Å²) in [4.78, 5) is 22.5. The fourth-order valence-electron chi connectivity index (χ4n) is 2.97. The van der Waals surface area contributed by atoms with Gasteiger partial charge in [0.15, 0.2) is 0 Å². The van der Waals surface area contributed by atoms with Gasteiger partial charge in [0.05, 0.1) is 11.4 Å². The highest BCUT2D eigenvalue weighted by Gasteiger charge is 2.21. The van der Waals surface area contributed by atoms with Gasteiger partial charge in [-0.2, -0.15) is 0 Å². The van der Waals surface area contributed by atoms with Crippen LogP contribution in [0.1, 0.15) is 16.8 Å². The maximum Gasteiger partial charge on any atom is 0.233 e. The van der Waals surface area contributed by atoms with Crippen LogP contribution >= 0.6 is 11.8 Å². The summed E-state index contributed by atoms with van der Waals surface area (Å²) in [6, 6.07) is 12.4. The summed E-state index contributed by atoms with van der Waals surface area (Å²) in [5, 5.41) is 0. The largest absolute Gasteiger partial charge is 0.339 e. The third-order valence-corrected chi connectivity index (χ3v) is 5.67. The molecule has 0 aliphatic carbocycles. The Morgan fingerprint density at radius 2 is 1.92 bits per heavy atom. The number of thioether (sulfide) groups is 1. The summed E-state index contributed by atoms with van der Waals surface area (Å²) < 4.78 is 0. The average molecular weight is 356 g/mol. The molecule has 1 aliphatic heterocycles. The number of aromatic nitrogens is 1. The zero-order valence-electron chi connectivity index (χ0n) is 14.9. The van der Waals surface area contributed by atoms with Crippen molar-refractivity contribution in [2.45, 2.75) is 25.3 Å². The molecule has 0 spiro atoms. The van der Waals surface area contributed by atoms with Gasteiger partial charge in [0.25, 0.3) is 0 Å². The van der Waals surface area contributed by atoms with E-state index >= 15 is 0 Å². The fourth-order valence-corrected chi connectivity index (χ4v) is 4.00. The minimum absolute atomic E-state index is 0.239. The lowest BCUT2D eigenvalue weighted by Crippen LogP contribution is -2.48. The van der Waals surface area contributed by atoms with E-state index in [-0.39, 0.29) is 5.91 Å². The van der Waals surface area contributed by atoms with E-state index in [4.69, 9.17) is 0 Å². The fraction of sp³-hybridized carbons (Fsp3) is 0.400. The molecular weight excluding hydrogens is 330 g/mol. The maximum atomic E-state index is 12.5. The zero-order valence-corrected chi connectivity index (χ0v) is 15.8. The van der Waals surface area contributed by atoms with Crippen LogP contribution in [-0.4, -0.2) is 52.6 Å². The molecule has 0 radical (unpaired) electrons. The Labute approximate surface area is 154 Å². The Morgan fingerprint density at radius 3 is 2.64 bits per heavy atom. The highest BCUT2D eigenvalue weighted by atomic mass is 32.2. The van der Waals surface area contributed by atoms with Crippen molar-refractivity contribution in [3.8, 4) is 0 Å². The highest BCUT2D eigenvalue weighted by molar-refractivity contribution is 8.00. The quantitative estimate of drug-likeness (QED) is 0.772. The molecule has 3 rings (SSSR count). The number of hydrogen-bond donors (Lipinski definition) is 0. The number of carbonyl (C=O) groups is 1. The van der Waals surface area contributed by atoms with Crippen molar-refractivity contribution in [2.75, 3.05) is 31.9 Å². The summed E-state index contributed by atoms with van der Waals surface area (Å²) in [6.45, 7) is 8.49. The first-order valence-electron chi connectivity index (χ1n) is 8.72.